The Morgan fingerprint density at radius 3 is 2.45 bits per heavy atom. The summed E-state index contributed by atoms with van der Waals surface area (Å²) in [7, 11) is 0. The van der Waals surface area contributed by atoms with E-state index in [0.717, 1.165) is 5.56 Å². The number of benzene rings is 2. The third-order valence-electron chi connectivity index (χ3n) is 3.45. The molecule has 2 nitrogen and oxygen atoms in total. The molecule has 1 aliphatic rings. The van der Waals surface area contributed by atoms with Crippen molar-refractivity contribution in [1.29, 1.82) is 0 Å². The van der Waals surface area contributed by atoms with Crippen LogP contribution in [0.3, 0.4) is 0 Å². The van der Waals surface area contributed by atoms with Crippen LogP contribution >= 0.6 is 0 Å². The summed E-state index contributed by atoms with van der Waals surface area (Å²) in [6.07, 6.45) is 5.36. The fraction of sp³-hybridized carbons (Fsp3) is 0.167. The van der Waals surface area contributed by atoms with Gasteiger partial charge in [-0.25, -0.2) is 0 Å². The maximum absolute atomic E-state index is 11.7. The quantitative estimate of drug-likeness (QED) is 0.815. The molecule has 100 valence electrons. The van der Waals surface area contributed by atoms with Crippen molar-refractivity contribution >= 4 is 22.6 Å². The van der Waals surface area contributed by atoms with E-state index in [1.54, 1.807) is 19.9 Å². The van der Waals surface area contributed by atoms with E-state index in [0.29, 0.717) is 5.76 Å². The van der Waals surface area contributed by atoms with E-state index < -0.39 is 5.60 Å². The fourth-order valence-corrected chi connectivity index (χ4v) is 2.25. The van der Waals surface area contributed by atoms with E-state index in [1.165, 1.54) is 10.8 Å². The molecule has 0 atom stereocenters. The van der Waals surface area contributed by atoms with Gasteiger partial charge in [0, 0.05) is 6.08 Å². The Morgan fingerprint density at radius 1 is 1.00 bits per heavy atom. The summed E-state index contributed by atoms with van der Waals surface area (Å²) >= 11 is 0. The molecule has 0 aliphatic carbocycles. The van der Waals surface area contributed by atoms with Crippen LogP contribution < -0.4 is 0 Å². The van der Waals surface area contributed by atoms with Crippen LogP contribution in [0.25, 0.3) is 16.8 Å². The average molecular weight is 264 g/mol. The zero-order chi connectivity index (χ0) is 14.2. The van der Waals surface area contributed by atoms with Gasteiger partial charge in [0.05, 0.1) is 0 Å². The van der Waals surface area contributed by atoms with E-state index in [-0.39, 0.29) is 5.78 Å². The van der Waals surface area contributed by atoms with Crippen LogP contribution in [0, 0.1) is 0 Å². The molecule has 0 saturated heterocycles. The minimum Gasteiger partial charge on any atom is -0.480 e. The van der Waals surface area contributed by atoms with Crippen LogP contribution in [-0.2, 0) is 9.53 Å². The Balaban J connectivity index is 1.85. The number of rotatable bonds is 2. The van der Waals surface area contributed by atoms with E-state index in [2.05, 4.69) is 30.3 Å². The standard InChI is InChI=1S/C18H16O2/c1-18(2)17(19)12-16(20-18)10-8-13-7-9-14-5-3-4-6-15(14)11-13/h3-12H,1-2H3/b10-8+. The van der Waals surface area contributed by atoms with Gasteiger partial charge in [-0.3, -0.25) is 4.79 Å². The Hall–Kier alpha value is -2.35. The first-order valence-electron chi connectivity index (χ1n) is 6.67. The molecule has 0 aromatic heterocycles. The van der Waals surface area contributed by atoms with Gasteiger partial charge >= 0.3 is 0 Å². The van der Waals surface area contributed by atoms with E-state index in [1.807, 2.05) is 24.3 Å². The zero-order valence-corrected chi connectivity index (χ0v) is 11.6. The van der Waals surface area contributed by atoms with Gasteiger partial charge in [0.15, 0.2) is 5.60 Å². The van der Waals surface area contributed by atoms with Crippen molar-refractivity contribution < 1.29 is 9.53 Å². The van der Waals surface area contributed by atoms with Crippen molar-refractivity contribution in [3.05, 3.63) is 65.9 Å². The van der Waals surface area contributed by atoms with Gasteiger partial charge in [-0.2, -0.15) is 0 Å². The Kier molecular flexibility index (Phi) is 2.94. The zero-order valence-electron chi connectivity index (χ0n) is 11.6. The fourth-order valence-electron chi connectivity index (χ4n) is 2.25. The van der Waals surface area contributed by atoms with Crippen LogP contribution in [0.4, 0.5) is 0 Å². The van der Waals surface area contributed by atoms with Crippen LogP contribution in [-0.4, -0.2) is 11.4 Å². The second-order valence-electron chi connectivity index (χ2n) is 5.46. The third kappa shape index (κ3) is 2.37. The number of ether oxygens (including phenoxy) is 1. The minimum atomic E-state index is -0.733. The van der Waals surface area contributed by atoms with Crippen molar-refractivity contribution in [3.63, 3.8) is 0 Å². The molecular formula is C18H16O2. The SMILES string of the molecule is CC1(C)OC(/C=C/c2ccc3ccccc3c2)=CC1=O. The molecule has 2 heteroatoms. The summed E-state index contributed by atoms with van der Waals surface area (Å²) in [6.45, 7) is 3.56. The molecule has 0 unspecified atom stereocenters. The Morgan fingerprint density at radius 2 is 1.75 bits per heavy atom. The summed E-state index contributed by atoms with van der Waals surface area (Å²) in [5.41, 5.74) is 0.355. The lowest BCUT2D eigenvalue weighted by Crippen LogP contribution is -2.27. The van der Waals surface area contributed by atoms with Crippen LogP contribution in [0.15, 0.2) is 60.4 Å². The number of carbonyl (C=O) groups excluding carboxylic acids is 1. The van der Waals surface area contributed by atoms with Gasteiger partial charge in [-0.15, -0.1) is 0 Å². The van der Waals surface area contributed by atoms with Gasteiger partial charge in [0.2, 0.25) is 5.78 Å². The molecule has 0 amide bonds. The first-order valence-corrected chi connectivity index (χ1v) is 6.67. The number of ketones is 1. The topological polar surface area (TPSA) is 26.3 Å². The molecule has 0 bridgehead atoms. The molecule has 1 aliphatic heterocycles. The molecule has 1 heterocycles. The molecule has 0 spiro atoms. The molecule has 0 radical (unpaired) electrons. The van der Waals surface area contributed by atoms with Gasteiger partial charge in [-0.1, -0.05) is 42.5 Å². The Labute approximate surface area is 118 Å². The van der Waals surface area contributed by atoms with Crippen LogP contribution in [0.5, 0.6) is 0 Å². The predicted octanol–water partition coefficient (Wildman–Crippen LogP) is 4.11. The maximum atomic E-state index is 11.7. The summed E-state index contributed by atoms with van der Waals surface area (Å²) < 4.78 is 5.60. The highest BCUT2D eigenvalue weighted by Crippen LogP contribution is 2.25. The number of hydrogen-bond acceptors (Lipinski definition) is 2. The lowest BCUT2D eigenvalue weighted by atomic mass is 10.1. The van der Waals surface area contributed by atoms with Crippen molar-refractivity contribution in [2.24, 2.45) is 0 Å². The minimum absolute atomic E-state index is 0.00987. The molecule has 3 rings (SSSR count). The van der Waals surface area contributed by atoms with Crippen molar-refractivity contribution in [2.45, 2.75) is 19.4 Å². The van der Waals surface area contributed by atoms with Crippen molar-refractivity contribution in [3.8, 4) is 0 Å². The largest absolute Gasteiger partial charge is 0.480 e. The number of allylic oxidation sites excluding steroid dienone is 1. The van der Waals surface area contributed by atoms with Crippen LogP contribution in [0.2, 0.25) is 0 Å². The molecule has 0 N–H and O–H groups in total. The molecular weight excluding hydrogens is 248 g/mol. The molecule has 20 heavy (non-hydrogen) atoms. The number of fused-ring (bicyclic) bond motifs is 1. The monoisotopic (exact) mass is 264 g/mol. The van der Waals surface area contributed by atoms with Crippen molar-refractivity contribution in [2.75, 3.05) is 0 Å². The summed E-state index contributed by atoms with van der Waals surface area (Å²) in [4.78, 5) is 11.7. The molecule has 2 aromatic rings. The highest BCUT2D eigenvalue weighted by Gasteiger charge is 2.33. The lowest BCUT2D eigenvalue weighted by molar-refractivity contribution is -0.126. The van der Waals surface area contributed by atoms with Gasteiger partial charge in [0.1, 0.15) is 5.76 Å². The molecule has 0 fully saturated rings. The van der Waals surface area contributed by atoms with Crippen molar-refractivity contribution in [1.82, 2.24) is 0 Å². The number of carbonyl (C=O) groups is 1. The smallest absolute Gasteiger partial charge is 0.202 e. The van der Waals surface area contributed by atoms with E-state index >= 15 is 0 Å². The summed E-state index contributed by atoms with van der Waals surface area (Å²) in [6, 6.07) is 14.5. The Bertz CT molecular complexity index is 736. The molecule has 0 saturated carbocycles. The van der Waals surface area contributed by atoms with E-state index in [9.17, 15) is 4.79 Å². The maximum Gasteiger partial charge on any atom is 0.202 e. The third-order valence-corrected chi connectivity index (χ3v) is 3.45. The summed E-state index contributed by atoms with van der Waals surface area (Å²) in [5, 5.41) is 2.42. The second kappa shape index (κ2) is 4.64. The average Bonchev–Trinajstić information content (AvgIpc) is 2.70. The normalized spacial score (nSPS) is 17.5. The first-order chi connectivity index (χ1) is 9.54. The van der Waals surface area contributed by atoms with E-state index in [4.69, 9.17) is 4.74 Å². The van der Waals surface area contributed by atoms with Crippen LogP contribution in [0.1, 0.15) is 19.4 Å². The lowest BCUT2D eigenvalue weighted by Gasteiger charge is -2.16. The van der Waals surface area contributed by atoms with Gasteiger partial charge < -0.3 is 4.74 Å². The van der Waals surface area contributed by atoms with Gasteiger partial charge in [0.25, 0.3) is 0 Å². The second-order valence-corrected chi connectivity index (χ2v) is 5.46. The predicted molar refractivity (Wildman–Crippen MR) is 81.2 cm³/mol. The first kappa shape index (κ1) is 12.7. The highest BCUT2D eigenvalue weighted by atomic mass is 16.5. The molecule has 2 aromatic carbocycles. The highest BCUT2D eigenvalue weighted by molar-refractivity contribution is 5.99. The van der Waals surface area contributed by atoms with Gasteiger partial charge in [-0.05, 0) is 42.3 Å². The summed E-state index contributed by atoms with van der Waals surface area (Å²) in [5.74, 6) is 0.629. The number of hydrogen-bond donors (Lipinski definition) is 0.